The molecular formula is C21H31N3O3. The Morgan fingerprint density at radius 2 is 1.74 bits per heavy atom. The maximum Gasteiger partial charge on any atom is 0.323 e. The highest BCUT2D eigenvalue weighted by Crippen LogP contribution is 2.33. The third-order valence-corrected chi connectivity index (χ3v) is 6.24. The largest absolute Gasteiger partial charge is 0.480 e. The van der Waals surface area contributed by atoms with E-state index in [1.807, 2.05) is 17.0 Å². The van der Waals surface area contributed by atoms with Gasteiger partial charge in [0.25, 0.3) is 0 Å². The summed E-state index contributed by atoms with van der Waals surface area (Å²) in [6.07, 6.45) is 7.52. The molecule has 2 aliphatic rings. The zero-order chi connectivity index (χ0) is 19.3. The second-order valence-corrected chi connectivity index (χ2v) is 7.92. The molecule has 1 saturated carbocycles. The number of aliphatic carboxylic acids is 1. The smallest absolute Gasteiger partial charge is 0.323 e. The lowest BCUT2D eigenvalue weighted by atomic mass is 9.84. The summed E-state index contributed by atoms with van der Waals surface area (Å²) in [6.45, 7) is 1.49. The van der Waals surface area contributed by atoms with Crippen LogP contribution in [0.25, 0.3) is 0 Å². The van der Waals surface area contributed by atoms with Crippen LogP contribution < -0.4 is 10.6 Å². The summed E-state index contributed by atoms with van der Waals surface area (Å²) in [6, 6.07) is 8.27. The number of likely N-dealkylation sites (N-methyl/N-ethyl adjacent to an activating group) is 1. The van der Waals surface area contributed by atoms with Crippen LogP contribution in [0.1, 0.15) is 56.4 Å². The summed E-state index contributed by atoms with van der Waals surface area (Å²) in [4.78, 5) is 25.8. The Kier molecular flexibility index (Phi) is 6.50. The third-order valence-electron chi connectivity index (χ3n) is 6.24. The number of hydrogen-bond donors (Lipinski definition) is 3. The number of anilines is 1. The average Bonchev–Trinajstić information content (AvgIpc) is 2.70. The maximum atomic E-state index is 12.3. The second kappa shape index (κ2) is 8.85. The van der Waals surface area contributed by atoms with E-state index in [0.717, 1.165) is 5.69 Å². The zero-order valence-electron chi connectivity index (χ0n) is 16.2. The van der Waals surface area contributed by atoms with E-state index in [4.69, 9.17) is 0 Å². The molecule has 2 fully saturated rings. The molecule has 6 nitrogen and oxygen atoms in total. The van der Waals surface area contributed by atoms with Gasteiger partial charge in [-0.1, -0.05) is 31.4 Å². The summed E-state index contributed by atoms with van der Waals surface area (Å²) >= 11 is 0. The Morgan fingerprint density at radius 3 is 2.30 bits per heavy atom. The molecule has 1 saturated heterocycles. The maximum absolute atomic E-state index is 12.3. The first kappa shape index (κ1) is 19.8. The molecule has 148 valence electrons. The van der Waals surface area contributed by atoms with Gasteiger partial charge in [-0.25, -0.2) is 0 Å². The molecule has 0 bridgehead atoms. The second-order valence-electron chi connectivity index (χ2n) is 7.92. The molecule has 1 aromatic carbocycles. The highest BCUT2D eigenvalue weighted by atomic mass is 16.4. The standard InChI is InChI=1S/C21H31N3O3/c1-22-21(20(26)27)11-13-24(14-12-21)15-19(25)23-18-9-7-17(8-10-18)16-5-3-2-4-6-16/h7-10,16,22H,2-6,11-15H2,1H3,(H,23,25)(H,26,27). The van der Waals surface area contributed by atoms with Crippen molar-refractivity contribution in [1.29, 1.82) is 0 Å². The van der Waals surface area contributed by atoms with Gasteiger partial charge in [0.1, 0.15) is 5.54 Å². The third kappa shape index (κ3) is 4.87. The van der Waals surface area contributed by atoms with Crippen LogP contribution in [-0.4, -0.2) is 54.1 Å². The van der Waals surface area contributed by atoms with E-state index in [0.29, 0.717) is 38.4 Å². The van der Waals surface area contributed by atoms with Crippen LogP contribution in [0.5, 0.6) is 0 Å². The molecule has 3 N–H and O–H groups in total. The number of hydrogen-bond acceptors (Lipinski definition) is 4. The molecule has 0 spiro atoms. The van der Waals surface area contributed by atoms with Gasteiger partial charge in [-0.15, -0.1) is 0 Å². The van der Waals surface area contributed by atoms with Gasteiger partial charge < -0.3 is 15.7 Å². The topological polar surface area (TPSA) is 81.7 Å². The van der Waals surface area contributed by atoms with Crippen LogP contribution in [0.15, 0.2) is 24.3 Å². The predicted molar refractivity (Wildman–Crippen MR) is 106 cm³/mol. The quantitative estimate of drug-likeness (QED) is 0.714. The van der Waals surface area contributed by atoms with Gasteiger partial charge in [0.05, 0.1) is 6.54 Å². The number of nitrogens with one attached hydrogen (secondary N) is 2. The summed E-state index contributed by atoms with van der Waals surface area (Å²) in [7, 11) is 1.69. The van der Waals surface area contributed by atoms with Crippen LogP contribution in [0.3, 0.4) is 0 Å². The average molecular weight is 373 g/mol. The Bertz CT molecular complexity index is 645. The lowest BCUT2D eigenvalue weighted by molar-refractivity contribution is -0.146. The SMILES string of the molecule is CNC1(C(=O)O)CCN(CC(=O)Nc2ccc(C3CCCCC3)cc2)CC1. The lowest BCUT2D eigenvalue weighted by Gasteiger charge is -2.38. The molecule has 1 aromatic rings. The number of benzene rings is 1. The number of piperidine rings is 1. The molecule has 1 aliphatic carbocycles. The van der Waals surface area contributed by atoms with Crippen LogP contribution in [0, 0.1) is 0 Å². The Morgan fingerprint density at radius 1 is 1.11 bits per heavy atom. The van der Waals surface area contributed by atoms with E-state index in [1.54, 1.807) is 7.05 Å². The predicted octanol–water partition coefficient (Wildman–Crippen LogP) is 2.81. The summed E-state index contributed by atoms with van der Waals surface area (Å²) < 4.78 is 0. The first-order chi connectivity index (χ1) is 13.0. The van der Waals surface area contributed by atoms with Gasteiger partial charge in [-0.05, 0) is 56.3 Å². The van der Waals surface area contributed by atoms with Crippen LogP contribution in [0.4, 0.5) is 5.69 Å². The highest BCUT2D eigenvalue weighted by Gasteiger charge is 2.40. The molecule has 0 aromatic heterocycles. The Hall–Kier alpha value is -1.92. The molecule has 6 heteroatoms. The van der Waals surface area contributed by atoms with Crippen molar-refractivity contribution in [3.63, 3.8) is 0 Å². The van der Waals surface area contributed by atoms with E-state index < -0.39 is 11.5 Å². The van der Waals surface area contributed by atoms with Crippen molar-refractivity contribution in [1.82, 2.24) is 10.2 Å². The highest BCUT2D eigenvalue weighted by molar-refractivity contribution is 5.92. The first-order valence-corrected chi connectivity index (χ1v) is 10.1. The zero-order valence-corrected chi connectivity index (χ0v) is 16.2. The number of likely N-dealkylation sites (tertiary alicyclic amines) is 1. The number of carbonyl (C=O) groups excluding carboxylic acids is 1. The molecule has 27 heavy (non-hydrogen) atoms. The number of nitrogens with zero attached hydrogens (tertiary/aromatic N) is 1. The Balaban J connectivity index is 1.47. The number of amides is 1. The van der Waals surface area contributed by atoms with Gasteiger partial charge in [-0.2, -0.15) is 0 Å². The van der Waals surface area contributed by atoms with Crippen molar-refractivity contribution < 1.29 is 14.7 Å². The Labute approximate surface area is 161 Å². The van der Waals surface area contributed by atoms with E-state index in [1.165, 1.54) is 37.7 Å². The molecular weight excluding hydrogens is 342 g/mol. The van der Waals surface area contributed by atoms with Crippen molar-refractivity contribution in [2.24, 2.45) is 0 Å². The number of rotatable bonds is 6. The van der Waals surface area contributed by atoms with Crippen molar-refractivity contribution in [3.05, 3.63) is 29.8 Å². The minimum absolute atomic E-state index is 0.0484. The van der Waals surface area contributed by atoms with Crippen LogP contribution >= 0.6 is 0 Å². The monoisotopic (exact) mass is 373 g/mol. The van der Waals surface area contributed by atoms with Crippen molar-refractivity contribution in [2.75, 3.05) is 32.0 Å². The number of carboxylic acids is 1. The van der Waals surface area contributed by atoms with Crippen molar-refractivity contribution >= 4 is 17.6 Å². The fourth-order valence-electron chi connectivity index (χ4n) is 4.34. The van der Waals surface area contributed by atoms with E-state index >= 15 is 0 Å². The summed E-state index contributed by atoms with van der Waals surface area (Å²) in [5, 5.41) is 15.3. The summed E-state index contributed by atoms with van der Waals surface area (Å²) in [5.41, 5.74) is 1.34. The van der Waals surface area contributed by atoms with Gasteiger partial charge in [0.15, 0.2) is 0 Å². The number of carbonyl (C=O) groups is 2. The fourth-order valence-corrected chi connectivity index (χ4v) is 4.34. The van der Waals surface area contributed by atoms with E-state index in [9.17, 15) is 14.7 Å². The van der Waals surface area contributed by atoms with Gasteiger partial charge in [0.2, 0.25) is 5.91 Å². The van der Waals surface area contributed by atoms with Crippen molar-refractivity contribution in [3.8, 4) is 0 Å². The lowest BCUT2D eigenvalue weighted by Crippen LogP contribution is -2.57. The normalized spacial score (nSPS) is 20.9. The molecule has 0 radical (unpaired) electrons. The van der Waals surface area contributed by atoms with Gasteiger partial charge in [-0.3, -0.25) is 14.5 Å². The van der Waals surface area contributed by atoms with Gasteiger partial charge in [0, 0.05) is 18.8 Å². The minimum atomic E-state index is -0.859. The molecule has 3 rings (SSSR count). The molecule has 1 heterocycles. The minimum Gasteiger partial charge on any atom is -0.480 e. The van der Waals surface area contributed by atoms with E-state index in [2.05, 4.69) is 22.8 Å². The molecule has 1 aliphatic heterocycles. The molecule has 0 atom stereocenters. The van der Waals surface area contributed by atoms with Crippen LogP contribution in [-0.2, 0) is 9.59 Å². The molecule has 0 unspecified atom stereocenters. The fraction of sp³-hybridized carbons (Fsp3) is 0.619. The number of carboxylic acid groups (broad SMARTS) is 1. The van der Waals surface area contributed by atoms with Crippen molar-refractivity contribution in [2.45, 2.75) is 56.4 Å². The summed E-state index contributed by atoms with van der Waals surface area (Å²) in [5.74, 6) is -0.196. The molecule has 1 amide bonds. The van der Waals surface area contributed by atoms with E-state index in [-0.39, 0.29) is 5.91 Å². The van der Waals surface area contributed by atoms with Crippen LogP contribution in [0.2, 0.25) is 0 Å². The van der Waals surface area contributed by atoms with Gasteiger partial charge >= 0.3 is 5.97 Å². The first-order valence-electron chi connectivity index (χ1n) is 10.1.